The van der Waals surface area contributed by atoms with Gasteiger partial charge in [0.05, 0.1) is 14.2 Å². The number of carbonyl (C=O) groups excluding carboxylic acids is 1. The predicted molar refractivity (Wildman–Crippen MR) is 89.4 cm³/mol. The number of hydrogen-bond donors (Lipinski definition) is 0. The summed E-state index contributed by atoms with van der Waals surface area (Å²) in [6.07, 6.45) is 3.39. The highest BCUT2D eigenvalue weighted by molar-refractivity contribution is 5.76. The Morgan fingerprint density at radius 3 is 2.32 bits per heavy atom. The molecule has 0 aliphatic carbocycles. The van der Waals surface area contributed by atoms with Gasteiger partial charge in [0.1, 0.15) is 11.5 Å². The van der Waals surface area contributed by atoms with E-state index in [0.29, 0.717) is 13.0 Å². The lowest BCUT2D eigenvalue weighted by atomic mass is 10.1. The van der Waals surface area contributed by atoms with Gasteiger partial charge in [0.15, 0.2) is 0 Å². The molecule has 0 saturated heterocycles. The van der Waals surface area contributed by atoms with Gasteiger partial charge in [-0.1, -0.05) is 20.8 Å². The van der Waals surface area contributed by atoms with Crippen LogP contribution in [0.5, 0.6) is 11.5 Å². The lowest BCUT2D eigenvalue weighted by molar-refractivity contribution is -0.134. The van der Waals surface area contributed by atoms with E-state index in [9.17, 15) is 4.79 Å². The van der Waals surface area contributed by atoms with Crippen molar-refractivity contribution in [3.8, 4) is 11.5 Å². The van der Waals surface area contributed by atoms with Crippen LogP contribution >= 0.6 is 0 Å². The molecule has 124 valence electrons. The van der Waals surface area contributed by atoms with Gasteiger partial charge in [0.2, 0.25) is 5.91 Å². The summed E-state index contributed by atoms with van der Waals surface area (Å²) in [7, 11) is 3.28. The van der Waals surface area contributed by atoms with Crippen LogP contribution in [-0.4, -0.2) is 31.1 Å². The number of benzene rings is 1. The smallest absolute Gasteiger partial charge is 0.223 e. The first-order valence-electron chi connectivity index (χ1n) is 8.11. The second-order valence-electron chi connectivity index (χ2n) is 5.42. The molecule has 1 rings (SSSR count). The van der Waals surface area contributed by atoms with Gasteiger partial charge < -0.3 is 14.4 Å². The average Bonchev–Trinajstić information content (AvgIpc) is 2.55. The summed E-state index contributed by atoms with van der Waals surface area (Å²) in [5.74, 6) is 1.74. The Bertz CT molecular complexity index is 469. The quantitative estimate of drug-likeness (QED) is 0.691. The standard InChI is InChI=1S/C18H29NO3/c1-6-9-18(20)19(15(7-2)8-3)13-14-10-11-16(21-4)12-17(14)22-5/h10-12,15H,6-9,13H2,1-5H3. The largest absolute Gasteiger partial charge is 0.497 e. The SMILES string of the molecule is CCCC(=O)N(Cc1ccc(OC)cc1OC)C(CC)CC. The summed E-state index contributed by atoms with van der Waals surface area (Å²) >= 11 is 0. The van der Waals surface area contributed by atoms with Gasteiger partial charge in [-0.15, -0.1) is 0 Å². The molecule has 0 N–H and O–H groups in total. The number of rotatable bonds is 9. The molecule has 0 radical (unpaired) electrons. The summed E-state index contributed by atoms with van der Waals surface area (Å²) in [6, 6.07) is 6.02. The maximum Gasteiger partial charge on any atom is 0.223 e. The molecule has 0 unspecified atom stereocenters. The summed E-state index contributed by atoms with van der Waals surface area (Å²) in [5, 5.41) is 0. The van der Waals surface area contributed by atoms with Crippen molar-refractivity contribution in [1.29, 1.82) is 0 Å². The number of hydrogen-bond acceptors (Lipinski definition) is 3. The minimum Gasteiger partial charge on any atom is -0.497 e. The van der Waals surface area contributed by atoms with Crippen molar-refractivity contribution in [2.24, 2.45) is 0 Å². The van der Waals surface area contributed by atoms with Crippen LogP contribution in [0, 0.1) is 0 Å². The third-order valence-electron chi connectivity index (χ3n) is 4.00. The monoisotopic (exact) mass is 307 g/mol. The highest BCUT2D eigenvalue weighted by Gasteiger charge is 2.22. The summed E-state index contributed by atoms with van der Waals surface area (Å²) in [5.41, 5.74) is 1.01. The van der Waals surface area contributed by atoms with E-state index in [0.717, 1.165) is 36.3 Å². The fourth-order valence-corrected chi connectivity index (χ4v) is 2.67. The number of nitrogens with zero attached hydrogens (tertiary/aromatic N) is 1. The first kappa shape index (κ1) is 18.3. The topological polar surface area (TPSA) is 38.8 Å². The van der Waals surface area contributed by atoms with E-state index in [1.54, 1.807) is 14.2 Å². The molecule has 0 atom stereocenters. The van der Waals surface area contributed by atoms with E-state index in [4.69, 9.17) is 9.47 Å². The van der Waals surface area contributed by atoms with Crippen molar-refractivity contribution in [2.45, 2.75) is 59.0 Å². The lowest BCUT2D eigenvalue weighted by Crippen LogP contribution is -2.39. The predicted octanol–water partition coefficient (Wildman–Crippen LogP) is 4.02. The van der Waals surface area contributed by atoms with Crippen molar-refractivity contribution in [1.82, 2.24) is 4.90 Å². The van der Waals surface area contributed by atoms with E-state index in [1.807, 2.05) is 30.0 Å². The Labute approximate surface area is 134 Å². The Morgan fingerprint density at radius 2 is 1.82 bits per heavy atom. The Morgan fingerprint density at radius 1 is 1.14 bits per heavy atom. The van der Waals surface area contributed by atoms with Gasteiger partial charge in [-0.2, -0.15) is 0 Å². The Balaban J connectivity index is 3.05. The highest BCUT2D eigenvalue weighted by atomic mass is 16.5. The highest BCUT2D eigenvalue weighted by Crippen LogP contribution is 2.27. The molecule has 1 aromatic carbocycles. The molecule has 4 heteroatoms. The second-order valence-corrected chi connectivity index (χ2v) is 5.42. The molecule has 0 spiro atoms. The van der Waals surface area contributed by atoms with E-state index in [1.165, 1.54) is 0 Å². The van der Waals surface area contributed by atoms with E-state index >= 15 is 0 Å². The average molecular weight is 307 g/mol. The van der Waals surface area contributed by atoms with Crippen LogP contribution in [0.3, 0.4) is 0 Å². The van der Waals surface area contributed by atoms with Crippen LogP contribution in [-0.2, 0) is 11.3 Å². The van der Waals surface area contributed by atoms with Crippen molar-refractivity contribution >= 4 is 5.91 Å². The minimum absolute atomic E-state index is 0.217. The lowest BCUT2D eigenvalue weighted by Gasteiger charge is -2.31. The van der Waals surface area contributed by atoms with Crippen molar-refractivity contribution in [2.75, 3.05) is 14.2 Å². The Kier molecular flexibility index (Phi) is 7.78. The van der Waals surface area contributed by atoms with Gasteiger partial charge in [-0.25, -0.2) is 0 Å². The molecule has 0 aliphatic heterocycles. The van der Waals surface area contributed by atoms with Crippen molar-refractivity contribution in [3.05, 3.63) is 23.8 Å². The van der Waals surface area contributed by atoms with Crippen LogP contribution in [0.1, 0.15) is 52.0 Å². The molecule has 0 aromatic heterocycles. The third kappa shape index (κ3) is 4.65. The van der Waals surface area contributed by atoms with Gasteiger partial charge in [0.25, 0.3) is 0 Å². The molecule has 0 fully saturated rings. The van der Waals surface area contributed by atoms with E-state index in [2.05, 4.69) is 13.8 Å². The van der Waals surface area contributed by atoms with Crippen LogP contribution in [0.25, 0.3) is 0 Å². The minimum atomic E-state index is 0.217. The first-order valence-corrected chi connectivity index (χ1v) is 8.11. The maximum absolute atomic E-state index is 12.5. The zero-order chi connectivity index (χ0) is 16.5. The second kappa shape index (κ2) is 9.34. The summed E-state index contributed by atoms with van der Waals surface area (Å²) < 4.78 is 10.7. The van der Waals surface area contributed by atoms with Gasteiger partial charge in [-0.05, 0) is 31.4 Å². The molecule has 1 aromatic rings. The van der Waals surface area contributed by atoms with Crippen LogP contribution in [0.2, 0.25) is 0 Å². The summed E-state index contributed by atoms with van der Waals surface area (Å²) in [6.45, 7) is 6.88. The molecule has 0 aliphatic rings. The van der Waals surface area contributed by atoms with Crippen LogP contribution in [0.15, 0.2) is 18.2 Å². The fraction of sp³-hybridized carbons (Fsp3) is 0.611. The molecular formula is C18H29NO3. The van der Waals surface area contributed by atoms with E-state index in [-0.39, 0.29) is 11.9 Å². The molecule has 1 amide bonds. The van der Waals surface area contributed by atoms with E-state index < -0.39 is 0 Å². The molecular weight excluding hydrogens is 278 g/mol. The number of amides is 1. The molecule has 0 bridgehead atoms. The van der Waals surface area contributed by atoms with Gasteiger partial charge >= 0.3 is 0 Å². The molecule has 0 saturated carbocycles. The van der Waals surface area contributed by atoms with Gasteiger partial charge in [0, 0.05) is 30.6 Å². The van der Waals surface area contributed by atoms with Crippen LogP contribution < -0.4 is 9.47 Å². The molecule has 22 heavy (non-hydrogen) atoms. The maximum atomic E-state index is 12.5. The van der Waals surface area contributed by atoms with Crippen molar-refractivity contribution < 1.29 is 14.3 Å². The first-order chi connectivity index (χ1) is 10.6. The van der Waals surface area contributed by atoms with Gasteiger partial charge in [-0.3, -0.25) is 4.79 Å². The summed E-state index contributed by atoms with van der Waals surface area (Å²) in [4.78, 5) is 14.5. The van der Waals surface area contributed by atoms with Crippen LogP contribution in [0.4, 0.5) is 0 Å². The third-order valence-corrected chi connectivity index (χ3v) is 4.00. The Hall–Kier alpha value is -1.71. The number of carbonyl (C=O) groups is 1. The number of ether oxygens (including phenoxy) is 2. The zero-order valence-corrected chi connectivity index (χ0v) is 14.5. The zero-order valence-electron chi connectivity index (χ0n) is 14.5. The number of methoxy groups -OCH3 is 2. The fourth-order valence-electron chi connectivity index (χ4n) is 2.67. The molecule has 4 nitrogen and oxygen atoms in total. The normalized spacial score (nSPS) is 10.6. The van der Waals surface area contributed by atoms with Crippen molar-refractivity contribution in [3.63, 3.8) is 0 Å². The molecule has 0 heterocycles.